The van der Waals surface area contributed by atoms with Crippen LogP contribution in [-0.2, 0) is 11.2 Å². The Morgan fingerprint density at radius 1 is 1.62 bits per heavy atom. The fourth-order valence-electron chi connectivity index (χ4n) is 1.25. The van der Waals surface area contributed by atoms with Crippen LogP contribution in [0.25, 0.3) is 0 Å². The summed E-state index contributed by atoms with van der Waals surface area (Å²) in [5, 5.41) is 11.7. The molecule has 88 valence electrons. The van der Waals surface area contributed by atoms with Crippen LogP contribution in [0.15, 0.2) is 23.8 Å². The van der Waals surface area contributed by atoms with E-state index in [4.69, 9.17) is 16.7 Å². The summed E-state index contributed by atoms with van der Waals surface area (Å²) < 4.78 is 0.803. The van der Waals surface area contributed by atoms with E-state index in [1.807, 2.05) is 12.1 Å². The molecule has 0 aliphatic rings. The topological polar surface area (TPSA) is 49.3 Å². The van der Waals surface area contributed by atoms with Crippen molar-refractivity contribution < 1.29 is 9.90 Å². The minimum absolute atomic E-state index is 0.603. The largest absolute Gasteiger partial charge is 0.478 e. The molecule has 1 rings (SSSR count). The summed E-state index contributed by atoms with van der Waals surface area (Å²) in [5.74, 6) is -0.899. The number of hydrogen-bond acceptors (Lipinski definition) is 3. The molecule has 1 aromatic rings. The smallest absolute Gasteiger partial charge is 0.328 e. The molecular weight excluding hydrogens is 246 g/mol. The standard InChI is InChI=1S/C11H14ClNO2S/c1-8(6-11(14)15)7-13-5-4-9-2-3-10(12)16-9/h2-3,6,13H,4-5,7H2,1H3,(H,14,15)/b8-6-. The van der Waals surface area contributed by atoms with Crippen LogP contribution in [0.1, 0.15) is 11.8 Å². The Hall–Kier alpha value is -0.840. The molecule has 2 N–H and O–H groups in total. The Balaban J connectivity index is 2.19. The number of carbonyl (C=O) groups is 1. The molecule has 0 aromatic carbocycles. The highest BCUT2D eigenvalue weighted by Gasteiger charge is 1.98. The van der Waals surface area contributed by atoms with Gasteiger partial charge in [0.1, 0.15) is 0 Å². The highest BCUT2D eigenvalue weighted by Crippen LogP contribution is 2.21. The summed E-state index contributed by atoms with van der Waals surface area (Å²) in [6, 6.07) is 3.89. The third-order valence-corrected chi connectivity index (χ3v) is 3.24. The second-order valence-electron chi connectivity index (χ2n) is 3.46. The minimum Gasteiger partial charge on any atom is -0.478 e. The predicted octanol–water partition coefficient (Wildman–Crippen LogP) is 2.56. The summed E-state index contributed by atoms with van der Waals surface area (Å²) in [6.07, 6.45) is 2.13. The lowest BCUT2D eigenvalue weighted by Crippen LogP contribution is -2.19. The van der Waals surface area contributed by atoms with Gasteiger partial charge in [-0.25, -0.2) is 4.79 Å². The summed E-state index contributed by atoms with van der Waals surface area (Å²) in [4.78, 5) is 11.6. The molecular formula is C11H14ClNO2S. The van der Waals surface area contributed by atoms with Crippen LogP contribution in [0.3, 0.4) is 0 Å². The molecule has 0 radical (unpaired) electrons. The molecule has 16 heavy (non-hydrogen) atoms. The fourth-order valence-corrected chi connectivity index (χ4v) is 2.33. The molecule has 0 unspecified atom stereocenters. The van der Waals surface area contributed by atoms with Crippen LogP contribution in [-0.4, -0.2) is 24.2 Å². The Morgan fingerprint density at radius 2 is 2.38 bits per heavy atom. The maximum Gasteiger partial charge on any atom is 0.328 e. The van der Waals surface area contributed by atoms with Gasteiger partial charge in [0.05, 0.1) is 4.34 Å². The van der Waals surface area contributed by atoms with E-state index in [9.17, 15) is 4.79 Å². The molecule has 0 aliphatic heterocycles. The van der Waals surface area contributed by atoms with Gasteiger partial charge in [-0.05, 0) is 25.5 Å². The second-order valence-corrected chi connectivity index (χ2v) is 5.26. The van der Waals surface area contributed by atoms with Crippen molar-refractivity contribution in [1.82, 2.24) is 5.32 Å². The average molecular weight is 260 g/mol. The molecule has 0 atom stereocenters. The van der Waals surface area contributed by atoms with E-state index in [2.05, 4.69) is 5.32 Å². The molecule has 1 heterocycles. The van der Waals surface area contributed by atoms with E-state index in [1.165, 1.54) is 11.0 Å². The van der Waals surface area contributed by atoms with E-state index in [0.717, 1.165) is 22.9 Å². The van der Waals surface area contributed by atoms with Gasteiger partial charge in [-0.1, -0.05) is 17.2 Å². The average Bonchev–Trinajstić information content (AvgIpc) is 2.58. The number of thiophene rings is 1. The highest BCUT2D eigenvalue weighted by atomic mass is 35.5. The maximum atomic E-state index is 10.3. The highest BCUT2D eigenvalue weighted by molar-refractivity contribution is 7.16. The first-order valence-electron chi connectivity index (χ1n) is 4.93. The monoisotopic (exact) mass is 259 g/mol. The predicted molar refractivity (Wildman–Crippen MR) is 67.3 cm³/mol. The Labute approximate surface area is 104 Å². The zero-order chi connectivity index (χ0) is 12.0. The lowest BCUT2D eigenvalue weighted by molar-refractivity contribution is -0.131. The van der Waals surface area contributed by atoms with E-state index >= 15 is 0 Å². The summed E-state index contributed by atoms with van der Waals surface area (Å²) in [5.41, 5.74) is 0.816. The quantitative estimate of drug-likeness (QED) is 0.610. The Bertz CT molecular complexity index is 387. The number of hydrogen-bond donors (Lipinski definition) is 2. The van der Waals surface area contributed by atoms with Crippen molar-refractivity contribution in [2.45, 2.75) is 13.3 Å². The Kier molecular flexibility index (Phi) is 5.52. The molecule has 0 fully saturated rings. The van der Waals surface area contributed by atoms with Gasteiger partial charge in [-0.2, -0.15) is 0 Å². The molecule has 1 aromatic heterocycles. The van der Waals surface area contributed by atoms with Crippen molar-refractivity contribution in [1.29, 1.82) is 0 Å². The van der Waals surface area contributed by atoms with E-state index < -0.39 is 5.97 Å². The van der Waals surface area contributed by atoms with Crippen LogP contribution in [0, 0.1) is 0 Å². The number of carboxylic acid groups (broad SMARTS) is 1. The van der Waals surface area contributed by atoms with E-state index in [-0.39, 0.29) is 0 Å². The normalized spacial score (nSPS) is 11.8. The van der Waals surface area contributed by atoms with Crippen molar-refractivity contribution in [3.8, 4) is 0 Å². The summed E-state index contributed by atoms with van der Waals surface area (Å²) in [6.45, 7) is 3.22. The number of halogens is 1. The van der Waals surface area contributed by atoms with Crippen LogP contribution in [0.2, 0.25) is 4.34 Å². The summed E-state index contributed by atoms with van der Waals surface area (Å²) >= 11 is 7.38. The summed E-state index contributed by atoms with van der Waals surface area (Å²) in [7, 11) is 0. The minimum atomic E-state index is -0.899. The zero-order valence-electron chi connectivity index (χ0n) is 9.00. The fraction of sp³-hybridized carbons (Fsp3) is 0.364. The molecule has 0 saturated carbocycles. The van der Waals surface area contributed by atoms with Crippen LogP contribution in [0.5, 0.6) is 0 Å². The molecule has 5 heteroatoms. The van der Waals surface area contributed by atoms with Crippen LogP contribution < -0.4 is 5.32 Å². The van der Waals surface area contributed by atoms with E-state index in [0.29, 0.717) is 6.54 Å². The van der Waals surface area contributed by atoms with Crippen molar-refractivity contribution in [3.05, 3.63) is 33.0 Å². The van der Waals surface area contributed by atoms with Crippen molar-refractivity contribution in [2.75, 3.05) is 13.1 Å². The molecule has 0 bridgehead atoms. The van der Waals surface area contributed by atoms with Gasteiger partial charge < -0.3 is 10.4 Å². The van der Waals surface area contributed by atoms with Gasteiger partial charge in [0.2, 0.25) is 0 Å². The first-order valence-corrected chi connectivity index (χ1v) is 6.12. The first-order chi connectivity index (χ1) is 7.58. The van der Waals surface area contributed by atoms with Gasteiger partial charge in [0, 0.05) is 24.0 Å². The molecule has 0 saturated heterocycles. The van der Waals surface area contributed by atoms with Crippen molar-refractivity contribution in [2.24, 2.45) is 0 Å². The number of carboxylic acids is 1. The lowest BCUT2D eigenvalue weighted by atomic mass is 10.2. The zero-order valence-corrected chi connectivity index (χ0v) is 10.6. The van der Waals surface area contributed by atoms with Gasteiger partial charge in [0.15, 0.2) is 0 Å². The second kappa shape index (κ2) is 6.68. The molecule has 0 spiro atoms. The van der Waals surface area contributed by atoms with Gasteiger partial charge in [-0.15, -0.1) is 11.3 Å². The van der Waals surface area contributed by atoms with Gasteiger partial charge in [0.25, 0.3) is 0 Å². The molecule has 0 aliphatic carbocycles. The Morgan fingerprint density at radius 3 is 2.94 bits per heavy atom. The van der Waals surface area contributed by atoms with E-state index in [1.54, 1.807) is 18.3 Å². The van der Waals surface area contributed by atoms with Crippen molar-refractivity contribution >= 4 is 28.9 Å². The third kappa shape index (κ3) is 5.30. The molecule has 3 nitrogen and oxygen atoms in total. The van der Waals surface area contributed by atoms with Crippen molar-refractivity contribution in [3.63, 3.8) is 0 Å². The lowest BCUT2D eigenvalue weighted by Gasteiger charge is -2.03. The van der Waals surface area contributed by atoms with Gasteiger partial charge in [-0.3, -0.25) is 0 Å². The number of aliphatic carboxylic acids is 1. The number of rotatable bonds is 6. The van der Waals surface area contributed by atoms with Gasteiger partial charge >= 0.3 is 5.97 Å². The number of nitrogens with one attached hydrogen (secondary N) is 1. The maximum absolute atomic E-state index is 10.3. The molecule has 0 amide bonds. The van der Waals surface area contributed by atoms with Crippen LogP contribution in [0.4, 0.5) is 0 Å². The third-order valence-electron chi connectivity index (χ3n) is 1.95. The van der Waals surface area contributed by atoms with Crippen LogP contribution >= 0.6 is 22.9 Å². The SMILES string of the molecule is C/C(=C/C(=O)O)CNCCc1ccc(Cl)s1. The first kappa shape index (κ1) is 13.2.